The molecule has 0 aliphatic carbocycles. The van der Waals surface area contributed by atoms with Crippen LogP contribution in [0.1, 0.15) is 285 Å². The van der Waals surface area contributed by atoms with Crippen LogP contribution in [0.25, 0.3) is 0 Å². The van der Waals surface area contributed by atoms with Gasteiger partial charge in [-0.2, -0.15) is 0 Å². The summed E-state index contributed by atoms with van der Waals surface area (Å²) in [6, 6.07) is 56.4. The number of hydrogen-bond donors (Lipinski definition) is 1. The average Bonchev–Trinajstić information content (AvgIpc) is 0.880. The van der Waals surface area contributed by atoms with Crippen LogP contribution in [0.4, 0.5) is 0 Å². The van der Waals surface area contributed by atoms with Crippen LogP contribution in [-0.4, -0.2) is 158 Å². The van der Waals surface area contributed by atoms with Gasteiger partial charge in [-0.25, -0.2) is 0 Å². The predicted molar refractivity (Wildman–Crippen MR) is 553 cm³/mol. The number of aryl methyl sites for hydroxylation is 1. The van der Waals surface area contributed by atoms with Crippen LogP contribution in [-0.2, 0) is 24.3 Å². The van der Waals surface area contributed by atoms with Crippen molar-refractivity contribution < 1.29 is 90.6 Å². The molecule has 756 valence electrons. The number of methoxy groups -OCH3 is 9. The zero-order valence-electron chi connectivity index (χ0n) is 88.8. The van der Waals surface area contributed by atoms with Gasteiger partial charge < -0.3 is 47.9 Å². The molecule has 2 heterocycles. The van der Waals surface area contributed by atoms with Crippen molar-refractivity contribution in [3.05, 3.63) is 256 Å². The lowest BCUT2D eigenvalue weighted by molar-refractivity contribution is -0.119. The van der Waals surface area contributed by atoms with Gasteiger partial charge in [-0.3, -0.25) is 57.3 Å². The number of carbonyl (C=O) groups excluding carboxylic acids is 10. The van der Waals surface area contributed by atoms with Crippen molar-refractivity contribution in [1.82, 2.24) is 35.3 Å². The maximum Gasteiger partial charge on any atom is 0.216 e. The van der Waals surface area contributed by atoms with Gasteiger partial charge in [0.1, 0.15) is 28.7 Å². The first-order chi connectivity index (χ1) is 65.4. The van der Waals surface area contributed by atoms with E-state index in [-0.39, 0.29) is 111 Å². The topological polar surface area (TPSA) is 327 Å². The summed E-state index contributed by atoms with van der Waals surface area (Å²) in [4.78, 5) is 115. The second-order valence-corrected chi connectivity index (χ2v) is 33.7. The summed E-state index contributed by atoms with van der Waals surface area (Å²) in [7, 11) is 14.0. The third-order valence-corrected chi connectivity index (χ3v) is 19.0. The predicted octanol–water partition coefficient (Wildman–Crippen LogP) is 24.5. The van der Waals surface area contributed by atoms with E-state index in [4.69, 9.17) is 42.6 Å². The summed E-state index contributed by atoms with van der Waals surface area (Å²) < 4.78 is 49.6. The molecule has 0 aliphatic rings. The van der Waals surface area contributed by atoms with E-state index in [0.717, 1.165) is 58.8 Å². The van der Waals surface area contributed by atoms with Crippen molar-refractivity contribution in [3.63, 3.8) is 0 Å². The maximum atomic E-state index is 11.9. The molecule has 0 fully saturated rings. The number of rotatable bonds is 34. The van der Waals surface area contributed by atoms with Gasteiger partial charge in [0.25, 0.3) is 0 Å². The van der Waals surface area contributed by atoms with Gasteiger partial charge in [0.05, 0.1) is 88.0 Å². The molecule has 0 bridgehead atoms. The van der Waals surface area contributed by atoms with Crippen LogP contribution in [0, 0.1) is 59.2 Å². The minimum absolute atomic E-state index is 0.00761. The quantitative estimate of drug-likeness (QED) is 0.0366. The molecule has 0 saturated carbocycles. The lowest BCUT2D eigenvalue weighted by Crippen LogP contribution is -2.24. The first kappa shape index (κ1) is 127. The van der Waals surface area contributed by atoms with Crippen molar-refractivity contribution in [2.24, 2.45) is 59.2 Å². The second kappa shape index (κ2) is 71.3. The zero-order chi connectivity index (χ0) is 105. The maximum absolute atomic E-state index is 11.9. The first-order valence-corrected chi connectivity index (χ1v) is 47.0. The number of benzene rings is 8. The number of aromatic nitrogens is 6. The number of ketones is 9. The lowest BCUT2D eigenvalue weighted by atomic mass is 10.00. The van der Waals surface area contributed by atoms with Gasteiger partial charge in [0.15, 0.2) is 75.0 Å². The Morgan fingerprint density at radius 3 is 0.978 bits per heavy atom. The molecule has 2 aromatic heterocycles. The fraction of sp³-hybridized carbons (Fsp3) is 0.446. The smallest absolute Gasteiger partial charge is 0.216 e. The van der Waals surface area contributed by atoms with Crippen LogP contribution in [0.15, 0.2) is 200 Å². The molecular weight excluding hydrogens is 1750 g/mol. The minimum Gasteiger partial charge on any atom is -0.497 e. The first-order valence-electron chi connectivity index (χ1n) is 47.0. The molecule has 1 N–H and O–H groups in total. The Hall–Kier alpha value is -13.3. The standard InChI is InChI=1S/C13H18O4.2C12H16O3.2C11H14O2.C10H18N4O.3C10H12O.C9H15N3O.2C2H6/c1-8(2)12(14)9-6-10(15-3)13(17-5)11(7-9)16-4;1-8(2)12(13)9-5-10(14-3)7-11(6-9)15-4;1-8(2)11(13)9-6-5-7-10(14-3)12(9)15-4;1-8(2)11(12)9-4-6-10(13-3)7-5-9;1-8(2)11(12)9-5-4-6-10(7-9)13-3;1-8(2)6-10-7-14(13-12-10)5-4-11-9(3)15;3*1-8(2)10(11)9-6-4-3-5-7-9;1-4-5-12-6-8(10-11-12)9(13)7(2)3;2*1-2/h6-8H,1-5H3;2*5-8H,1-4H3;2*4-8H,1-3H3;7-8H,4-6H2,1-3H3,(H,11,15);3*3-8H,1-2H3;6-7H,4-5H2,1-3H3;2*1-2H3. The number of hydrogen-bond acceptors (Lipinski definition) is 23. The average molecular weight is 1910 g/mol. The highest BCUT2D eigenvalue weighted by atomic mass is 16.5. The number of nitrogens with zero attached hydrogens (tertiary/aromatic N) is 6. The molecule has 0 saturated heterocycles. The molecule has 138 heavy (non-hydrogen) atoms. The number of nitrogens with one attached hydrogen (secondary N) is 1. The number of amides is 1. The Morgan fingerprint density at radius 1 is 0.297 bits per heavy atom. The van der Waals surface area contributed by atoms with Crippen LogP contribution in [0.3, 0.4) is 0 Å². The van der Waals surface area contributed by atoms with Crippen LogP contribution >= 0.6 is 0 Å². The van der Waals surface area contributed by atoms with Crippen molar-refractivity contribution in [1.29, 1.82) is 0 Å². The summed E-state index contributed by atoms with van der Waals surface area (Å²) in [5, 5.41) is 18.4. The van der Waals surface area contributed by atoms with E-state index in [0.29, 0.717) is 87.2 Å². The largest absolute Gasteiger partial charge is 0.497 e. The molecule has 10 aromatic rings. The van der Waals surface area contributed by atoms with Crippen molar-refractivity contribution in [2.75, 3.05) is 70.5 Å². The third-order valence-electron chi connectivity index (χ3n) is 19.0. The molecule has 1 amide bonds. The van der Waals surface area contributed by atoms with Crippen LogP contribution < -0.4 is 47.9 Å². The normalized spacial score (nSPS) is 10.1. The highest BCUT2D eigenvalue weighted by Crippen LogP contribution is 2.39. The van der Waals surface area contributed by atoms with Gasteiger partial charge in [-0.15, -0.1) is 10.2 Å². The SMILES string of the molecule is CC.CC.CC(=O)NCCn1cc(CC(C)C)nn1.CC(C)C(=O)c1ccccc1.CC(C)C(=O)c1ccccc1.CC(C)C(=O)c1ccccc1.CCCn1cc(C(=O)C(C)C)nn1.COc1cc(C(=O)C(C)C)cc(OC)c1OC.COc1cc(OC)cc(C(=O)C(C)C)c1.COc1ccc(C(=O)C(C)C)cc1.COc1cccc(C(=O)C(C)C)c1.COc1cccc(C(=O)C(C)C)c1OC. The van der Waals surface area contributed by atoms with Gasteiger partial charge in [0, 0.05) is 124 Å². The Labute approximate surface area is 823 Å². The van der Waals surface area contributed by atoms with Crippen LogP contribution in [0.5, 0.6) is 51.7 Å². The summed E-state index contributed by atoms with van der Waals surface area (Å²) in [5.41, 5.74) is 7.14. The van der Waals surface area contributed by atoms with Crippen molar-refractivity contribution >= 4 is 58.0 Å². The monoisotopic (exact) mass is 1910 g/mol. The van der Waals surface area contributed by atoms with Gasteiger partial charge in [0.2, 0.25) is 11.7 Å². The Balaban J connectivity index is 0. The van der Waals surface area contributed by atoms with Crippen LogP contribution in [0.2, 0.25) is 0 Å². The highest BCUT2D eigenvalue weighted by molar-refractivity contribution is 6.02. The molecule has 0 unspecified atom stereocenters. The van der Waals surface area contributed by atoms with E-state index in [1.165, 1.54) is 35.4 Å². The van der Waals surface area contributed by atoms with E-state index in [1.807, 2.05) is 268 Å². The van der Waals surface area contributed by atoms with E-state index in [1.54, 1.807) is 130 Å². The Morgan fingerprint density at radius 2 is 0.630 bits per heavy atom. The molecule has 0 aliphatic heterocycles. The molecule has 0 spiro atoms. The van der Waals surface area contributed by atoms with Gasteiger partial charge in [-0.05, 0) is 91.6 Å². The molecular formula is C112H159N7O19. The van der Waals surface area contributed by atoms with Crippen molar-refractivity contribution in [2.45, 2.75) is 206 Å². The summed E-state index contributed by atoms with van der Waals surface area (Å²) >= 11 is 0. The fourth-order valence-corrected chi connectivity index (χ4v) is 11.6. The summed E-state index contributed by atoms with van der Waals surface area (Å²) in [6.45, 7) is 51.9. The van der Waals surface area contributed by atoms with Crippen molar-refractivity contribution in [3.8, 4) is 51.7 Å². The third kappa shape index (κ3) is 48.5. The van der Waals surface area contributed by atoms with Gasteiger partial charge in [-0.1, -0.05) is 293 Å². The van der Waals surface area contributed by atoms with E-state index in [9.17, 15) is 47.9 Å². The molecule has 8 aromatic carbocycles. The number of carbonyl (C=O) groups is 10. The van der Waals surface area contributed by atoms with E-state index in [2.05, 4.69) is 46.7 Å². The minimum atomic E-state index is -0.0715. The summed E-state index contributed by atoms with van der Waals surface area (Å²) in [5.74, 6) is 7.37. The number of Topliss-reactive ketones (excluding diaryl/α,β-unsaturated/α-hetero) is 9. The van der Waals surface area contributed by atoms with E-state index < -0.39 is 0 Å². The Bertz CT molecular complexity index is 4990. The molecule has 0 atom stereocenters. The number of ether oxygens (including phenoxy) is 9. The molecule has 26 nitrogen and oxygen atoms in total. The van der Waals surface area contributed by atoms with Gasteiger partial charge >= 0.3 is 0 Å². The molecule has 26 heteroatoms. The highest BCUT2D eigenvalue weighted by Gasteiger charge is 2.22. The Kier molecular flexibility index (Phi) is 65.5. The molecule has 0 radical (unpaired) electrons. The zero-order valence-corrected chi connectivity index (χ0v) is 88.8. The lowest BCUT2D eigenvalue weighted by Gasteiger charge is -2.14. The second-order valence-electron chi connectivity index (χ2n) is 33.7. The van der Waals surface area contributed by atoms with E-state index >= 15 is 0 Å². The fourth-order valence-electron chi connectivity index (χ4n) is 11.6. The molecule has 10 rings (SSSR count). The summed E-state index contributed by atoms with van der Waals surface area (Å²) in [6.07, 6.45) is 5.59. The number of para-hydroxylation sites is 1.